The van der Waals surface area contributed by atoms with Gasteiger partial charge in [0.1, 0.15) is 5.75 Å². The zero-order valence-corrected chi connectivity index (χ0v) is 19.3. The van der Waals surface area contributed by atoms with Gasteiger partial charge in [-0.2, -0.15) is 0 Å². The van der Waals surface area contributed by atoms with Gasteiger partial charge in [0.2, 0.25) is 0 Å². The predicted molar refractivity (Wildman–Crippen MR) is 125 cm³/mol. The molecule has 1 aliphatic heterocycles. The molecule has 3 heterocycles. The largest absolute Gasteiger partial charge is 0.497 e. The number of nitrogens with zero attached hydrogens (tertiary/aromatic N) is 4. The van der Waals surface area contributed by atoms with E-state index >= 15 is 0 Å². The molecule has 1 aromatic carbocycles. The first-order chi connectivity index (χ1) is 15.1. The Bertz CT molecular complexity index is 1080. The zero-order valence-electron chi connectivity index (χ0n) is 18.5. The van der Waals surface area contributed by atoms with E-state index in [1.165, 1.54) is 5.69 Å². The molecule has 1 saturated heterocycles. The van der Waals surface area contributed by atoms with E-state index in [2.05, 4.69) is 28.5 Å². The van der Waals surface area contributed by atoms with Crippen LogP contribution in [0.1, 0.15) is 24.7 Å². The van der Waals surface area contributed by atoms with Gasteiger partial charge in [0, 0.05) is 53.4 Å². The van der Waals surface area contributed by atoms with Crippen molar-refractivity contribution in [1.29, 1.82) is 0 Å². The van der Waals surface area contributed by atoms with Crippen LogP contribution in [0.25, 0.3) is 16.9 Å². The standard InChI is InChI=1S/C23H30N4O3S/c1-4-19-21(9-6-14-31(3)28)27-16-20(17-7-5-8-18(15-17)29-2)25-22(23(27)24-19)26-10-12-30-13-11-26/h5,7-8,15-16H,4,6,9-14H2,1-3H3. The smallest absolute Gasteiger partial charge is 0.180 e. The van der Waals surface area contributed by atoms with Crippen molar-refractivity contribution in [3.8, 4) is 17.0 Å². The van der Waals surface area contributed by atoms with Gasteiger partial charge in [-0.1, -0.05) is 19.1 Å². The molecule has 1 fully saturated rings. The SMILES string of the molecule is CCc1nc2c(N3CCOCC3)nc(-c3cccc(OC)c3)cn2c1CCCS(C)=O. The van der Waals surface area contributed by atoms with E-state index in [0.717, 1.165) is 66.5 Å². The van der Waals surface area contributed by atoms with Crippen LogP contribution in [0.5, 0.6) is 5.75 Å². The second-order valence-electron chi connectivity index (χ2n) is 7.71. The summed E-state index contributed by atoms with van der Waals surface area (Å²) in [6, 6.07) is 7.98. The first-order valence-electron chi connectivity index (χ1n) is 10.8. The molecule has 31 heavy (non-hydrogen) atoms. The minimum atomic E-state index is -0.793. The molecule has 0 bridgehead atoms. The Kier molecular flexibility index (Phi) is 6.87. The van der Waals surface area contributed by atoms with Gasteiger partial charge in [0.15, 0.2) is 11.5 Å². The predicted octanol–water partition coefficient (Wildman–Crippen LogP) is 3.12. The Morgan fingerprint density at radius 3 is 2.74 bits per heavy atom. The molecular weight excluding hydrogens is 412 g/mol. The van der Waals surface area contributed by atoms with E-state index in [0.29, 0.717) is 19.0 Å². The Morgan fingerprint density at radius 1 is 1.23 bits per heavy atom. The van der Waals surface area contributed by atoms with E-state index in [9.17, 15) is 4.21 Å². The number of imidazole rings is 1. The lowest BCUT2D eigenvalue weighted by atomic mass is 10.1. The minimum absolute atomic E-state index is 0.688. The number of ether oxygens (including phenoxy) is 2. The summed E-state index contributed by atoms with van der Waals surface area (Å²) in [4.78, 5) is 12.3. The molecule has 0 spiro atoms. The number of hydrogen-bond acceptors (Lipinski definition) is 6. The third kappa shape index (κ3) is 4.75. The molecule has 1 atom stereocenters. The first kappa shape index (κ1) is 21.8. The Morgan fingerprint density at radius 2 is 2.03 bits per heavy atom. The van der Waals surface area contributed by atoms with Crippen LogP contribution < -0.4 is 9.64 Å². The highest BCUT2D eigenvalue weighted by Gasteiger charge is 2.22. The molecule has 1 unspecified atom stereocenters. The van der Waals surface area contributed by atoms with E-state index in [1.54, 1.807) is 13.4 Å². The molecule has 7 nitrogen and oxygen atoms in total. The van der Waals surface area contributed by atoms with Crippen molar-refractivity contribution in [3.63, 3.8) is 0 Å². The normalized spacial score (nSPS) is 15.4. The molecule has 0 N–H and O–H groups in total. The first-order valence-corrected chi connectivity index (χ1v) is 12.5. The lowest BCUT2D eigenvalue weighted by Crippen LogP contribution is -2.37. The maximum atomic E-state index is 11.6. The van der Waals surface area contributed by atoms with Gasteiger partial charge in [-0.25, -0.2) is 9.97 Å². The minimum Gasteiger partial charge on any atom is -0.497 e. The number of rotatable bonds is 8. The highest BCUT2D eigenvalue weighted by atomic mass is 32.2. The van der Waals surface area contributed by atoms with Gasteiger partial charge in [-0.3, -0.25) is 8.61 Å². The number of hydrogen-bond donors (Lipinski definition) is 0. The average molecular weight is 443 g/mol. The molecule has 8 heteroatoms. The molecular formula is C23H30N4O3S. The van der Waals surface area contributed by atoms with E-state index in [1.807, 2.05) is 18.2 Å². The number of fused-ring (bicyclic) bond motifs is 1. The Hall–Kier alpha value is -2.45. The van der Waals surface area contributed by atoms with Gasteiger partial charge >= 0.3 is 0 Å². The number of methoxy groups -OCH3 is 1. The Labute approximate surface area is 185 Å². The van der Waals surface area contributed by atoms with E-state index in [-0.39, 0.29) is 0 Å². The van der Waals surface area contributed by atoms with Crippen molar-refractivity contribution in [3.05, 3.63) is 41.9 Å². The van der Waals surface area contributed by atoms with Crippen molar-refractivity contribution < 1.29 is 13.7 Å². The molecule has 4 rings (SSSR count). The van der Waals surface area contributed by atoms with Crippen LogP contribution in [0.3, 0.4) is 0 Å². The summed E-state index contributed by atoms with van der Waals surface area (Å²) in [7, 11) is 0.881. The van der Waals surface area contributed by atoms with Crippen molar-refractivity contribution in [2.75, 3.05) is 50.3 Å². The summed E-state index contributed by atoms with van der Waals surface area (Å²) in [6.07, 6.45) is 6.40. The highest BCUT2D eigenvalue weighted by molar-refractivity contribution is 7.84. The highest BCUT2D eigenvalue weighted by Crippen LogP contribution is 2.30. The summed E-state index contributed by atoms with van der Waals surface area (Å²) in [5.74, 6) is 2.39. The Balaban J connectivity index is 1.86. The molecule has 1 aliphatic rings. The fourth-order valence-corrected chi connectivity index (χ4v) is 4.58. The van der Waals surface area contributed by atoms with Crippen LogP contribution in [-0.4, -0.2) is 64.0 Å². The van der Waals surface area contributed by atoms with E-state index < -0.39 is 10.8 Å². The van der Waals surface area contributed by atoms with Gasteiger partial charge < -0.3 is 14.4 Å². The average Bonchev–Trinajstić information content (AvgIpc) is 3.16. The summed E-state index contributed by atoms with van der Waals surface area (Å²) < 4.78 is 24.8. The maximum absolute atomic E-state index is 11.6. The van der Waals surface area contributed by atoms with Gasteiger partial charge in [-0.15, -0.1) is 0 Å². The summed E-state index contributed by atoms with van der Waals surface area (Å²) in [5, 5.41) is 0. The van der Waals surface area contributed by atoms with E-state index in [4.69, 9.17) is 19.4 Å². The number of anilines is 1. The van der Waals surface area contributed by atoms with Gasteiger partial charge in [0.25, 0.3) is 0 Å². The van der Waals surface area contributed by atoms with Crippen molar-refractivity contribution in [2.45, 2.75) is 26.2 Å². The lowest BCUT2D eigenvalue weighted by Gasteiger charge is -2.28. The third-order valence-corrected chi connectivity index (χ3v) is 6.49. The maximum Gasteiger partial charge on any atom is 0.180 e. The van der Waals surface area contributed by atoms with Gasteiger partial charge in [-0.05, 0) is 31.4 Å². The van der Waals surface area contributed by atoms with Crippen LogP contribution in [0.2, 0.25) is 0 Å². The third-order valence-electron chi connectivity index (χ3n) is 5.63. The molecule has 0 saturated carbocycles. The molecule has 0 radical (unpaired) electrons. The van der Waals surface area contributed by atoms with Crippen LogP contribution in [0.15, 0.2) is 30.5 Å². The van der Waals surface area contributed by atoms with Crippen LogP contribution in [0.4, 0.5) is 5.82 Å². The second kappa shape index (κ2) is 9.78. The fourth-order valence-electron chi connectivity index (χ4n) is 4.02. The summed E-state index contributed by atoms with van der Waals surface area (Å²) in [5.41, 5.74) is 5.04. The van der Waals surface area contributed by atoms with Crippen molar-refractivity contribution in [1.82, 2.24) is 14.4 Å². The summed E-state index contributed by atoms with van der Waals surface area (Å²) in [6.45, 7) is 5.10. The fraction of sp³-hybridized carbons (Fsp3) is 0.478. The monoisotopic (exact) mass is 442 g/mol. The van der Waals surface area contributed by atoms with Crippen LogP contribution >= 0.6 is 0 Å². The van der Waals surface area contributed by atoms with Gasteiger partial charge in [0.05, 0.1) is 31.7 Å². The molecule has 0 aliphatic carbocycles. The topological polar surface area (TPSA) is 69.0 Å². The zero-order chi connectivity index (χ0) is 21.8. The van der Waals surface area contributed by atoms with Crippen molar-refractivity contribution >= 4 is 22.3 Å². The number of aryl methyl sites for hydroxylation is 2. The van der Waals surface area contributed by atoms with Crippen molar-refractivity contribution in [2.24, 2.45) is 0 Å². The number of morpholine rings is 1. The molecule has 166 valence electrons. The number of aromatic nitrogens is 3. The molecule has 2 aromatic heterocycles. The lowest BCUT2D eigenvalue weighted by molar-refractivity contribution is 0.122. The quantitative estimate of drug-likeness (QED) is 0.534. The van der Waals surface area contributed by atoms with Crippen LogP contribution in [0, 0.1) is 0 Å². The number of benzene rings is 1. The van der Waals surface area contributed by atoms with Crippen LogP contribution in [-0.2, 0) is 28.4 Å². The second-order valence-corrected chi connectivity index (χ2v) is 9.27. The molecule has 0 amide bonds. The molecule has 3 aromatic rings. The summed E-state index contributed by atoms with van der Waals surface area (Å²) >= 11 is 0.